The van der Waals surface area contributed by atoms with E-state index in [-0.39, 0.29) is 28.7 Å². The minimum Gasteiger partial charge on any atom is -0.507 e. The molecular formula is C22H22ClNO5. The van der Waals surface area contributed by atoms with Crippen LogP contribution in [0.1, 0.15) is 31.0 Å². The maximum absolute atomic E-state index is 12.9. The van der Waals surface area contributed by atoms with Gasteiger partial charge >= 0.3 is 0 Å². The van der Waals surface area contributed by atoms with Gasteiger partial charge in [-0.15, -0.1) is 0 Å². The minimum absolute atomic E-state index is 0.00860. The van der Waals surface area contributed by atoms with Crippen molar-refractivity contribution in [2.45, 2.75) is 19.9 Å². The molecule has 1 aliphatic heterocycles. The molecule has 7 heteroatoms. The highest BCUT2D eigenvalue weighted by Gasteiger charge is 2.46. The molecule has 1 amide bonds. The van der Waals surface area contributed by atoms with E-state index in [2.05, 4.69) is 0 Å². The Labute approximate surface area is 174 Å². The first-order valence-electron chi connectivity index (χ1n) is 9.15. The summed E-state index contributed by atoms with van der Waals surface area (Å²) in [5.41, 5.74) is 0.924. The van der Waals surface area contributed by atoms with Crippen LogP contribution in [0.5, 0.6) is 11.5 Å². The molecule has 2 N–H and O–H groups in total. The maximum atomic E-state index is 12.9. The number of phenolic OH excluding ortho intramolecular Hbond substituents is 1. The molecule has 0 unspecified atom stereocenters. The third-order valence-electron chi connectivity index (χ3n) is 4.74. The molecule has 29 heavy (non-hydrogen) atoms. The largest absolute Gasteiger partial charge is 0.507 e. The molecule has 1 atom stereocenters. The van der Waals surface area contributed by atoms with Crippen LogP contribution in [-0.4, -0.2) is 40.5 Å². The van der Waals surface area contributed by atoms with Crippen LogP contribution in [0.3, 0.4) is 0 Å². The van der Waals surface area contributed by atoms with Gasteiger partial charge in [0.05, 0.1) is 18.7 Å². The first-order valence-corrected chi connectivity index (χ1v) is 9.53. The molecule has 6 nitrogen and oxygen atoms in total. The lowest BCUT2D eigenvalue weighted by atomic mass is 9.94. The van der Waals surface area contributed by atoms with E-state index in [1.165, 1.54) is 18.1 Å². The lowest BCUT2D eigenvalue weighted by Gasteiger charge is -2.27. The van der Waals surface area contributed by atoms with Crippen molar-refractivity contribution in [2.24, 2.45) is 5.92 Å². The van der Waals surface area contributed by atoms with E-state index in [0.717, 1.165) is 0 Å². The van der Waals surface area contributed by atoms with E-state index in [0.29, 0.717) is 22.7 Å². The summed E-state index contributed by atoms with van der Waals surface area (Å²) in [5, 5.41) is 21.3. The van der Waals surface area contributed by atoms with Gasteiger partial charge in [0.1, 0.15) is 5.76 Å². The van der Waals surface area contributed by atoms with Crippen molar-refractivity contribution < 1.29 is 24.5 Å². The first kappa shape index (κ1) is 20.7. The standard InChI is InChI=1S/C22H22ClNO5/c1-12(2)11-24-19(14-6-9-16(25)17(10-14)29-3)18(21(27)22(24)28)20(26)13-4-7-15(23)8-5-13/h4-10,12,19,25-26H,11H2,1-3H3/t19-/m1/s1. The van der Waals surface area contributed by atoms with E-state index in [4.69, 9.17) is 16.3 Å². The fourth-order valence-electron chi connectivity index (χ4n) is 3.44. The normalized spacial score (nSPS) is 18.5. The third-order valence-corrected chi connectivity index (χ3v) is 4.99. The number of carbonyl (C=O) groups excluding carboxylic acids is 2. The van der Waals surface area contributed by atoms with Crippen LogP contribution >= 0.6 is 11.6 Å². The average molecular weight is 416 g/mol. The number of aromatic hydroxyl groups is 1. The summed E-state index contributed by atoms with van der Waals surface area (Å²) in [6.45, 7) is 4.20. The number of carbonyl (C=O) groups is 2. The Balaban J connectivity index is 2.21. The summed E-state index contributed by atoms with van der Waals surface area (Å²) >= 11 is 5.92. The van der Waals surface area contributed by atoms with Gasteiger partial charge in [0, 0.05) is 17.1 Å². The van der Waals surface area contributed by atoms with Crippen LogP contribution in [0, 0.1) is 5.92 Å². The number of ether oxygens (including phenoxy) is 1. The number of amides is 1. The highest BCUT2D eigenvalue weighted by atomic mass is 35.5. The van der Waals surface area contributed by atoms with Gasteiger partial charge in [-0.05, 0) is 47.9 Å². The van der Waals surface area contributed by atoms with Crippen molar-refractivity contribution in [2.75, 3.05) is 13.7 Å². The van der Waals surface area contributed by atoms with Crippen LogP contribution in [0.4, 0.5) is 0 Å². The Morgan fingerprint density at radius 1 is 1.17 bits per heavy atom. The summed E-state index contributed by atoms with van der Waals surface area (Å²) in [4.78, 5) is 27.1. The average Bonchev–Trinajstić information content (AvgIpc) is 2.93. The Kier molecular flexibility index (Phi) is 5.84. The number of hydrogen-bond acceptors (Lipinski definition) is 5. The number of aliphatic hydroxyl groups is 1. The molecule has 0 bridgehead atoms. The topological polar surface area (TPSA) is 87.1 Å². The van der Waals surface area contributed by atoms with E-state index in [1.807, 2.05) is 13.8 Å². The zero-order valence-electron chi connectivity index (χ0n) is 16.3. The lowest BCUT2D eigenvalue weighted by Crippen LogP contribution is -2.33. The number of ketones is 1. The van der Waals surface area contributed by atoms with Gasteiger partial charge in [-0.25, -0.2) is 0 Å². The molecule has 0 spiro atoms. The molecule has 0 aliphatic carbocycles. The predicted octanol–water partition coefficient (Wildman–Crippen LogP) is 4.13. The van der Waals surface area contributed by atoms with Gasteiger partial charge in [-0.3, -0.25) is 9.59 Å². The predicted molar refractivity (Wildman–Crippen MR) is 110 cm³/mol. The molecule has 1 heterocycles. The van der Waals surface area contributed by atoms with Crippen molar-refractivity contribution >= 4 is 29.1 Å². The number of benzene rings is 2. The van der Waals surface area contributed by atoms with Crippen molar-refractivity contribution in [3.8, 4) is 11.5 Å². The zero-order chi connectivity index (χ0) is 21.3. The van der Waals surface area contributed by atoms with Gasteiger partial charge in [0.2, 0.25) is 0 Å². The molecule has 1 fully saturated rings. The Bertz CT molecular complexity index is 981. The third kappa shape index (κ3) is 3.93. The van der Waals surface area contributed by atoms with Crippen molar-refractivity contribution in [3.05, 3.63) is 64.2 Å². The van der Waals surface area contributed by atoms with Crippen LogP contribution in [0.15, 0.2) is 48.0 Å². The lowest BCUT2D eigenvalue weighted by molar-refractivity contribution is -0.140. The molecule has 0 radical (unpaired) electrons. The highest BCUT2D eigenvalue weighted by Crippen LogP contribution is 2.42. The fourth-order valence-corrected chi connectivity index (χ4v) is 3.56. The summed E-state index contributed by atoms with van der Waals surface area (Å²) in [7, 11) is 1.41. The molecule has 2 aromatic rings. The second-order valence-electron chi connectivity index (χ2n) is 7.28. The van der Waals surface area contributed by atoms with Crippen LogP contribution in [0.2, 0.25) is 5.02 Å². The van der Waals surface area contributed by atoms with Gasteiger partial charge < -0.3 is 19.8 Å². The number of likely N-dealkylation sites (tertiary alicyclic amines) is 1. The fraction of sp³-hybridized carbons (Fsp3) is 0.273. The molecule has 0 saturated carbocycles. The number of hydrogen-bond donors (Lipinski definition) is 2. The van der Waals surface area contributed by atoms with Crippen molar-refractivity contribution in [1.82, 2.24) is 4.90 Å². The summed E-state index contributed by atoms with van der Waals surface area (Å²) in [6.07, 6.45) is 0. The van der Waals surface area contributed by atoms with Crippen molar-refractivity contribution in [3.63, 3.8) is 0 Å². The van der Waals surface area contributed by atoms with Crippen molar-refractivity contribution in [1.29, 1.82) is 0 Å². The summed E-state index contributed by atoms with van der Waals surface area (Å²) in [6, 6.07) is 10.2. The number of rotatable bonds is 5. The van der Waals surface area contributed by atoms with E-state index in [9.17, 15) is 19.8 Å². The monoisotopic (exact) mass is 415 g/mol. The first-order chi connectivity index (χ1) is 13.7. The number of phenols is 1. The molecule has 152 valence electrons. The van der Waals surface area contributed by atoms with Gasteiger partial charge in [0.25, 0.3) is 11.7 Å². The number of aliphatic hydroxyl groups excluding tert-OH is 1. The Morgan fingerprint density at radius 3 is 2.41 bits per heavy atom. The second kappa shape index (κ2) is 8.17. The van der Waals surface area contributed by atoms with E-state index < -0.39 is 17.7 Å². The maximum Gasteiger partial charge on any atom is 0.295 e. The van der Waals surface area contributed by atoms with Crippen LogP contribution in [-0.2, 0) is 9.59 Å². The second-order valence-corrected chi connectivity index (χ2v) is 7.72. The zero-order valence-corrected chi connectivity index (χ0v) is 17.1. The number of halogens is 1. The summed E-state index contributed by atoms with van der Waals surface area (Å²) < 4.78 is 5.18. The molecule has 1 aliphatic rings. The Hall–Kier alpha value is -2.99. The number of Topliss-reactive ketones (excluding diaryl/α,β-unsaturated/α-hetero) is 1. The van der Waals surface area contributed by atoms with E-state index >= 15 is 0 Å². The smallest absolute Gasteiger partial charge is 0.295 e. The SMILES string of the molecule is COc1cc([C@@H]2C(=C(O)c3ccc(Cl)cc3)C(=O)C(=O)N2CC(C)C)ccc1O. The molecule has 3 rings (SSSR count). The molecule has 2 aromatic carbocycles. The van der Waals surface area contributed by atoms with Crippen LogP contribution in [0.25, 0.3) is 5.76 Å². The summed E-state index contributed by atoms with van der Waals surface area (Å²) in [5.74, 6) is -1.45. The molecular weight excluding hydrogens is 394 g/mol. The quantitative estimate of drug-likeness (QED) is 0.435. The van der Waals surface area contributed by atoms with Gasteiger partial charge in [-0.2, -0.15) is 0 Å². The van der Waals surface area contributed by atoms with E-state index in [1.54, 1.807) is 36.4 Å². The van der Waals surface area contributed by atoms with Crippen LogP contribution < -0.4 is 4.74 Å². The number of methoxy groups -OCH3 is 1. The Morgan fingerprint density at radius 2 is 1.83 bits per heavy atom. The van der Waals surface area contributed by atoms with Gasteiger partial charge in [0.15, 0.2) is 11.5 Å². The minimum atomic E-state index is -0.803. The highest BCUT2D eigenvalue weighted by molar-refractivity contribution is 6.46. The number of nitrogens with zero attached hydrogens (tertiary/aromatic N) is 1. The van der Waals surface area contributed by atoms with Gasteiger partial charge in [-0.1, -0.05) is 31.5 Å². The molecule has 1 saturated heterocycles. The molecule has 0 aromatic heterocycles.